The van der Waals surface area contributed by atoms with Gasteiger partial charge in [0.25, 0.3) is 11.8 Å². The number of sulfonamides is 3. The monoisotopic (exact) mass is 1810 g/mol. The zero-order valence-electron chi connectivity index (χ0n) is 71.2. The molecule has 0 spiro atoms. The van der Waals surface area contributed by atoms with Gasteiger partial charge in [0.15, 0.2) is 23.3 Å². The van der Waals surface area contributed by atoms with E-state index in [0.717, 1.165) is 85.5 Å². The molecule has 8 heterocycles. The molecule has 668 valence electrons. The van der Waals surface area contributed by atoms with Gasteiger partial charge in [-0.15, -0.1) is 0 Å². The van der Waals surface area contributed by atoms with E-state index in [4.69, 9.17) is 10.1 Å². The van der Waals surface area contributed by atoms with Gasteiger partial charge in [0.1, 0.15) is 70.2 Å². The van der Waals surface area contributed by atoms with E-state index in [2.05, 4.69) is 71.7 Å². The Hall–Kier alpha value is -13.1. The summed E-state index contributed by atoms with van der Waals surface area (Å²) in [6.45, 7) is 4.44. The van der Waals surface area contributed by atoms with Crippen molar-refractivity contribution in [1.29, 1.82) is 5.26 Å². The number of halogens is 4. The minimum Gasteiger partial charge on any atom is -0.346 e. The average molecular weight is 1810 g/mol. The van der Waals surface area contributed by atoms with E-state index in [9.17, 15) is 67.3 Å². The molecule has 6 aromatic carbocycles. The summed E-state index contributed by atoms with van der Waals surface area (Å²) in [6, 6.07) is 32.5. The molecule has 4 fully saturated rings. The number of hydrogen-bond acceptors (Lipinski definition) is 27. The van der Waals surface area contributed by atoms with E-state index in [1.807, 2.05) is 48.2 Å². The number of carbonyl (C=O) groups is 4. The smallest absolute Gasteiger partial charge is 0.254 e. The Balaban J connectivity index is 0.000000132. The van der Waals surface area contributed by atoms with Gasteiger partial charge >= 0.3 is 0 Å². The zero-order chi connectivity index (χ0) is 91.2. The van der Waals surface area contributed by atoms with Crippen molar-refractivity contribution < 1.29 is 62.0 Å². The molecule has 4 unspecified atom stereocenters. The van der Waals surface area contributed by atoms with Gasteiger partial charge in [-0.25, -0.2) is 77.3 Å². The van der Waals surface area contributed by atoms with Gasteiger partial charge in [0.2, 0.25) is 65.7 Å². The molecule has 10 aromatic rings. The summed E-state index contributed by atoms with van der Waals surface area (Å²) in [5.41, 5.74) is 4.85. The highest BCUT2D eigenvalue weighted by molar-refractivity contribution is 7.90. The van der Waals surface area contributed by atoms with E-state index >= 15 is 0 Å². The number of nitrogens with two attached hydrogens (primary N) is 1. The minimum absolute atomic E-state index is 0.0478. The molecule has 4 aliphatic heterocycles. The number of nitrogens with zero attached hydrogens (tertiary/aromatic N) is 17. The fraction of sp³-hybridized carbons (Fsp3) is 0.345. The molecule has 4 amide bonds. The van der Waals surface area contributed by atoms with Crippen LogP contribution in [0.5, 0.6) is 0 Å². The number of amides is 4. The van der Waals surface area contributed by atoms with Crippen molar-refractivity contribution in [1.82, 2.24) is 49.3 Å². The Morgan fingerprint density at radius 1 is 0.445 bits per heavy atom. The molecule has 4 saturated carbocycles. The molecular weight excluding hydrogens is 1710 g/mol. The van der Waals surface area contributed by atoms with Gasteiger partial charge in [-0.1, -0.05) is 49.9 Å². The summed E-state index contributed by atoms with van der Waals surface area (Å²) < 4.78 is 135. The third kappa shape index (κ3) is 19.0. The van der Waals surface area contributed by atoms with Crippen LogP contribution in [0, 0.1) is 52.4 Å². The van der Waals surface area contributed by atoms with Crippen LogP contribution in [-0.4, -0.2) is 170 Å². The Bertz CT molecular complexity index is 6300. The van der Waals surface area contributed by atoms with Crippen molar-refractivity contribution in [3.05, 3.63) is 198 Å². The van der Waals surface area contributed by atoms with Gasteiger partial charge in [0, 0.05) is 84.7 Å². The summed E-state index contributed by atoms with van der Waals surface area (Å²) in [7, 11) is 0.883. The Morgan fingerprint density at radius 3 is 1.17 bits per heavy atom. The lowest BCUT2D eigenvalue weighted by molar-refractivity contribution is -0.121. The normalized spacial score (nSPS) is 18.6. The fourth-order valence-corrected chi connectivity index (χ4v) is 17.9. The summed E-state index contributed by atoms with van der Waals surface area (Å²) in [4.78, 5) is 100. The van der Waals surface area contributed by atoms with Crippen LogP contribution in [0.2, 0.25) is 0 Å². The summed E-state index contributed by atoms with van der Waals surface area (Å²) in [6.07, 6.45) is 16.7. The van der Waals surface area contributed by atoms with Crippen molar-refractivity contribution >= 4 is 146 Å². The molecule has 0 bridgehead atoms. The maximum absolute atomic E-state index is 14.7. The van der Waals surface area contributed by atoms with E-state index in [-0.39, 0.29) is 80.1 Å². The molecule has 34 nitrogen and oxygen atoms in total. The standard InChI is InChI=1S/C24H24F2N6O3S.C22H22F2N6O3S.C22H24N6O.C19H24N6O3S/c1-31-19-13-27-24(29-15-8-10-16(11-9-15)36(34,35)28-12-14-6-7-14)30-22(19)32(2)21(23(31)33)20-17(25)4-3-5-18(20)26;1-3-29-17-12-26-22(27-13-8-10-14(11-9-13)34(25,32)33)28-20(17)30(4-2)19(21(29)31)18-15(23)6-5-7-16(18)24;1-27-17(11-14-3-4-14)20(29)28(2)18-12-24-21(26-19(18)27)25-16-7-5-15(6-8-16)22(13-23)9-10-22;1-20-29(27,28)14-8-6-13(7-9-14)22-19-21-11-16-17(23-19)24(2)15(10-12-4-5-12)18(26)25(16)3/h3-5,8-11,13-14,21,28H,6-7,12H2,1-2H3,(H,27,29,30);5-12,19H,3-4H2,1-2H3,(H2,25,32,33)(H,26,27,28);5-8,12,14,17H,3-4,9-11H2,1-2H3,(H,24,25,26);6-9,11-12,15,20H,4-5,10H2,1-3H3,(H,21,22,23). The summed E-state index contributed by atoms with van der Waals surface area (Å²) in [5.74, 6) is 0.862. The number of anilines is 16. The molecule has 41 heteroatoms. The highest BCUT2D eigenvalue weighted by Gasteiger charge is 2.47. The van der Waals surface area contributed by atoms with Crippen LogP contribution in [0.25, 0.3) is 0 Å². The van der Waals surface area contributed by atoms with Gasteiger partial charge in [-0.3, -0.25) is 19.2 Å². The lowest BCUT2D eigenvalue weighted by Crippen LogP contribution is -2.51. The minimum atomic E-state index is -3.83. The molecule has 4 aromatic heterocycles. The van der Waals surface area contributed by atoms with Crippen LogP contribution >= 0.6 is 0 Å². The number of fused-ring (bicyclic) bond motifs is 4. The van der Waals surface area contributed by atoms with Gasteiger partial charge in [-0.05, 0) is 192 Å². The highest BCUT2D eigenvalue weighted by Crippen LogP contribution is 2.49. The third-order valence-electron chi connectivity index (χ3n) is 23.8. The third-order valence-corrected chi connectivity index (χ3v) is 27.6. The van der Waals surface area contributed by atoms with Crippen LogP contribution in [0.15, 0.2) is 173 Å². The Kier molecular flexibility index (Phi) is 25.4. The zero-order valence-corrected chi connectivity index (χ0v) is 73.7. The van der Waals surface area contributed by atoms with Crippen LogP contribution < -0.4 is 75.0 Å². The van der Waals surface area contributed by atoms with E-state index in [0.29, 0.717) is 87.8 Å². The van der Waals surface area contributed by atoms with Crippen LogP contribution in [0.1, 0.15) is 107 Å². The van der Waals surface area contributed by atoms with Gasteiger partial charge < -0.3 is 60.5 Å². The first-order valence-electron chi connectivity index (χ1n) is 41.4. The topological polar surface area (TPSA) is 422 Å². The first-order valence-corrected chi connectivity index (χ1v) is 45.9. The van der Waals surface area contributed by atoms with E-state index in [1.165, 1.54) is 139 Å². The molecule has 0 radical (unpaired) electrons. The van der Waals surface area contributed by atoms with E-state index < -0.39 is 77.2 Å². The second-order valence-corrected chi connectivity index (χ2v) is 37.6. The molecule has 4 aliphatic carbocycles. The molecule has 8 N–H and O–H groups in total. The molecular formula is C87H94F4N24O10S3. The predicted molar refractivity (Wildman–Crippen MR) is 476 cm³/mol. The molecule has 128 heavy (non-hydrogen) atoms. The van der Waals surface area contributed by atoms with Gasteiger partial charge in [0.05, 0.1) is 62.1 Å². The van der Waals surface area contributed by atoms with Gasteiger partial charge in [-0.2, -0.15) is 25.2 Å². The largest absolute Gasteiger partial charge is 0.346 e. The predicted octanol–water partition coefficient (Wildman–Crippen LogP) is 11.5. The quantitative estimate of drug-likeness (QED) is 0.0276. The lowest BCUT2D eigenvalue weighted by Gasteiger charge is -2.41. The van der Waals surface area contributed by atoms with Crippen molar-refractivity contribution in [2.24, 2.45) is 22.9 Å². The lowest BCUT2D eigenvalue weighted by atomic mass is 9.98. The SMILES string of the molecule is CCN1C(=O)C(c2c(F)cccc2F)N(CC)c2nc(Nc3ccc(S(N)(=O)=O)cc3)ncc21.CN1C(=O)C(CC2CC2)N(C)c2nc(Nc3ccc(C4(C#N)CC4)cc3)ncc21.CN1C(=O)C(c2c(F)cccc2F)N(C)c2nc(Nc3ccc(S(=O)(=O)NCC4CC4)cc3)ncc21.CNS(=O)(=O)c1ccc(Nc2ncc3c(n2)N(C)C(CC2CC2)C(=O)N3C)cc1. The van der Waals surface area contributed by atoms with Crippen LogP contribution in [0.3, 0.4) is 0 Å². The second kappa shape index (κ2) is 36.3. The Labute approximate surface area is 737 Å². The number of likely N-dealkylation sites (N-methyl/N-ethyl adjacent to an activating group) is 8. The number of benzene rings is 6. The second-order valence-electron chi connectivity index (χ2n) is 32.4. The number of rotatable bonds is 24. The number of carbonyl (C=O) groups excluding carboxylic acids is 4. The maximum Gasteiger partial charge on any atom is 0.254 e. The molecule has 0 saturated heterocycles. The van der Waals surface area contributed by atoms with Crippen LogP contribution in [-0.2, 0) is 54.7 Å². The average Bonchev–Trinajstić information content (AvgIpc) is 1.31. The first kappa shape index (κ1) is 89.7. The first-order chi connectivity index (χ1) is 61.1. The van der Waals surface area contributed by atoms with Crippen molar-refractivity contribution in [2.45, 2.75) is 122 Å². The number of aromatic nitrogens is 8. The summed E-state index contributed by atoms with van der Waals surface area (Å²) >= 11 is 0. The molecule has 8 aliphatic rings. The van der Waals surface area contributed by atoms with E-state index in [1.54, 1.807) is 74.4 Å². The van der Waals surface area contributed by atoms with Crippen molar-refractivity contribution in [3.8, 4) is 6.07 Å². The number of primary sulfonamides is 1. The number of nitrogens with one attached hydrogen (secondary N) is 6. The highest BCUT2D eigenvalue weighted by atomic mass is 32.2. The molecule has 4 atom stereocenters. The molecule has 18 rings (SSSR count). The fourth-order valence-electron chi connectivity index (χ4n) is 15.6. The van der Waals surface area contributed by atoms with Crippen molar-refractivity contribution in [3.63, 3.8) is 0 Å². The maximum atomic E-state index is 14.7. The number of hydrogen-bond donors (Lipinski definition) is 7. The van der Waals surface area contributed by atoms with Crippen LogP contribution in [0.4, 0.5) is 110 Å². The number of nitriles is 1. The summed E-state index contributed by atoms with van der Waals surface area (Å²) in [5, 5.41) is 26.8. The van der Waals surface area contributed by atoms with Crippen molar-refractivity contribution in [2.75, 3.05) is 129 Å². The Morgan fingerprint density at radius 2 is 0.805 bits per heavy atom.